The van der Waals surface area contributed by atoms with Crippen LogP contribution in [0.4, 0.5) is 11.5 Å². The van der Waals surface area contributed by atoms with Gasteiger partial charge in [0.05, 0.1) is 4.92 Å². The maximum Gasteiger partial charge on any atom is 0.361 e. The summed E-state index contributed by atoms with van der Waals surface area (Å²) in [5.74, 6) is 0.332. The number of aryl methyl sites for hydroxylation is 1. The molecule has 0 radical (unpaired) electrons. The Labute approximate surface area is 109 Å². The van der Waals surface area contributed by atoms with Crippen molar-refractivity contribution in [3.05, 3.63) is 68.7 Å². The standard InChI is InChI=1S/C13H12N3O3/c1-10-3-2-4-13(14-10)15(17)9-11-5-7-12(8-6-11)16(18)19/h2-8H,9H2,1H3/q+1. The van der Waals surface area contributed by atoms with E-state index in [1.165, 1.54) is 12.1 Å². The quantitative estimate of drug-likeness (QED) is 0.480. The Balaban J connectivity index is 2.13. The molecular formula is C13H12N3O3+. The SMILES string of the molecule is Cc1cccc([N+](=O)Cc2ccc([N+](=O)[O-])cc2)n1. The summed E-state index contributed by atoms with van der Waals surface area (Å²) in [5.41, 5.74) is 1.47. The second-order valence-electron chi connectivity index (χ2n) is 4.10. The largest absolute Gasteiger partial charge is 0.361 e. The van der Waals surface area contributed by atoms with E-state index in [0.717, 1.165) is 10.5 Å². The first-order chi connectivity index (χ1) is 9.06. The van der Waals surface area contributed by atoms with Gasteiger partial charge in [0, 0.05) is 25.1 Å². The summed E-state index contributed by atoms with van der Waals surface area (Å²) < 4.78 is 0.758. The third-order valence-electron chi connectivity index (χ3n) is 2.60. The number of nitro benzene ring substituents is 1. The normalized spacial score (nSPS) is 10.2. The van der Waals surface area contributed by atoms with E-state index < -0.39 is 4.92 Å². The Morgan fingerprint density at radius 1 is 1.11 bits per heavy atom. The summed E-state index contributed by atoms with van der Waals surface area (Å²) in [6.07, 6.45) is 0. The van der Waals surface area contributed by atoms with Gasteiger partial charge in [-0.15, -0.1) is 0 Å². The molecule has 6 heteroatoms. The first-order valence-corrected chi connectivity index (χ1v) is 5.68. The maximum atomic E-state index is 11.9. The number of nitro groups is 1. The highest BCUT2D eigenvalue weighted by Crippen LogP contribution is 2.15. The smallest absolute Gasteiger partial charge is 0.258 e. The number of rotatable bonds is 4. The molecule has 0 saturated carbocycles. The number of hydrogen-bond acceptors (Lipinski definition) is 4. The molecule has 6 nitrogen and oxygen atoms in total. The summed E-state index contributed by atoms with van der Waals surface area (Å²) in [6.45, 7) is 1.91. The molecule has 0 aliphatic rings. The first kappa shape index (κ1) is 12.8. The molecule has 0 bridgehead atoms. The van der Waals surface area contributed by atoms with Crippen LogP contribution in [0.15, 0.2) is 42.5 Å². The van der Waals surface area contributed by atoms with Crippen LogP contribution in [-0.4, -0.2) is 14.7 Å². The fourth-order valence-electron chi connectivity index (χ4n) is 1.64. The van der Waals surface area contributed by atoms with E-state index in [9.17, 15) is 15.0 Å². The minimum atomic E-state index is -0.471. The fraction of sp³-hybridized carbons (Fsp3) is 0.154. The molecule has 0 saturated heterocycles. The van der Waals surface area contributed by atoms with Crippen LogP contribution < -0.4 is 0 Å². The van der Waals surface area contributed by atoms with Crippen LogP contribution in [0, 0.1) is 21.9 Å². The van der Waals surface area contributed by atoms with Crippen molar-refractivity contribution < 1.29 is 9.68 Å². The van der Waals surface area contributed by atoms with Crippen LogP contribution in [0.2, 0.25) is 0 Å². The number of non-ortho nitro benzene ring substituents is 1. The monoisotopic (exact) mass is 258 g/mol. The number of pyridine rings is 1. The van der Waals surface area contributed by atoms with Crippen molar-refractivity contribution in [3.63, 3.8) is 0 Å². The number of nitrogens with zero attached hydrogens (tertiary/aromatic N) is 3. The predicted molar refractivity (Wildman–Crippen MR) is 69.1 cm³/mol. The van der Waals surface area contributed by atoms with E-state index in [1.807, 2.05) is 13.0 Å². The van der Waals surface area contributed by atoms with Gasteiger partial charge in [-0.1, -0.05) is 4.91 Å². The van der Waals surface area contributed by atoms with Crippen LogP contribution in [-0.2, 0) is 6.54 Å². The van der Waals surface area contributed by atoms with Crippen molar-refractivity contribution in [2.75, 3.05) is 0 Å². The van der Waals surface area contributed by atoms with Crippen molar-refractivity contribution in [1.29, 1.82) is 0 Å². The molecule has 0 amide bonds. The average Bonchev–Trinajstić information content (AvgIpc) is 2.39. The molecule has 2 aromatic rings. The van der Waals surface area contributed by atoms with Gasteiger partial charge < -0.3 is 0 Å². The van der Waals surface area contributed by atoms with Crippen LogP contribution in [0.3, 0.4) is 0 Å². The molecule has 96 valence electrons. The highest BCUT2D eigenvalue weighted by atomic mass is 16.6. The molecule has 1 aromatic heterocycles. The predicted octanol–water partition coefficient (Wildman–Crippen LogP) is 2.91. The van der Waals surface area contributed by atoms with Gasteiger partial charge in [0.25, 0.3) is 5.69 Å². The third-order valence-corrected chi connectivity index (χ3v) is 2.60. The highest BCUT2D eigenvalue weighted by Gasteiger charge is 2.15. The summed E-state index contributed by atoms with van der Waals surface area (Å²) >= 11 is 0. The summed E-state index contributed by atoms with van der Waals surface area (Å²) in [7, 11) is 0. The molecule has 0 N–H and O–H groups in total. The van der Waals surface area contributed by atoms with Crippen LogP contribution in [0.5, 0.6) is 0 Å². The number of nitroso groups, excluding NO2 is 1. The second kappa shape index (κ2) is 5.34. The van der Waals surface area contributed by atoms with Crippen LogP contribution in [0.1, 0.15) is 11.3 Å². The molecule has 0 fully saturated rings. The Morgan fingerprint density at radius 3 is 2.37 bits per heavy atom. The minimum Gasteiger partial charge on any atom is -0.258 e. The topological polar surface area (TPSA) is 76.1 Å². The average molecular weight is 258 g/mol. The molecule has 19 heavy (non-hydrogen) atoms. The number of benzene rings is 1. The van der Waals surface area contributed by atoms with Gasteiger partial charge in [0.1, 0.15) is 5.69 Å². The van der Waals surface area contributed by atoms with Gasteiger partial charge in [-0.25, -0.2) is 0 Å². The lowest BCUT2D eigenvalue weighted by atomic mass is 10.2. The lowest BCUT2D eigenvalue weighted by Crippen LogP contribution is -2.03. The molecule has 0 unspecified atom stereocenters. The van der Waals surface area contributed by atoms with Crippen LogP contribution in [0.25, 0.3) is 0 Å². The van der Waals surface area contributed by atoms with Gasteiger partial charge in [0.2, 0.25) is 0 Å². The second-order valence-corrected chi connectivity index (χ2v) is 4.10. The Morgan fingerprint density at radius 2 is 1.79 bits per heavy atom. The fourth-order valence-corrected chi connectivity index (χ4v) is 1.64. The van der Waals surface area contributed by atoms with E-state index >= 15 is 0 Å². The van der Waals surface area contributed by atoms with Crippen molar-refractivity contribution in [3.8, 4) is 0 Å². The molecule has 1 heterocycles. The molecule has 1 aromatic carbocycles. The minimum absolute atomic E-state index is 0.00915. The summed E-state index contributed by atoms with van der Waals surface area (Å²) in [5, 5.41) is 10.5. The summed E-state index contributed by atoms with van der Waals surface area (Å²) in [6, 6.07) is 11.1. The van der Waals surface area contributed by atoms with Gasteiger partial charge in [-0.2, -0.15) is 0 Å². The molecule has 0 aliphatic carbocycles. The maximum absolute atomic E-state index is 11.9. The van der Waals surface area contributed by atoms with Crippen molar-refractivity contribution in [2.24, 2.45) is 0 Å². The first-order valence-electron chi connectivity index (χ1n) is 5.68. The van der Waals surface area contributed by atoms with Gasteiger partial charge in [-0.3, -0.25) is 10.1 Å². The van der Waals surface area contributed by atoms with E-state index in [0.29, 0.717) is 11.4 Å². The van der Waals surface area contributed by atoms with E-state index in [4.69, 9.17) is 0 Å². The van der Waals surface area contributed by atoms with Gasteiger partial charge >= 0.3 is 5.82 Å². The van der Waals surface area contributed by atoms with E-state index in [-0.39, 0.29) is 12.2 Å². The Bertz CT molecular complexity index is 623. The number of hydrogen-bond donors (Lipinski definition) is 0. The third kappa shape index (κ3) is 3.19. The van der Waals surface area contributed by atoms with Gasteiger partial charge in [0.15, 0.2) is 6.54 Å². The Hall–Kier alpha value is -2.63. The van der Waals surface area contributed by atoms with Gasteiger partial charge in [-0.05, 0) is 39.6 Å². The van der Waals surface area contributed by atoms with Crippen molar-refractivity contribution in [1.82, 2.24) is 4.98 Å². The number of aromatic nitrogens is 1. The van der Waals surface area contributed by atoms with Crippen molar-refractivity contribution >= 4 is 11.5 Å². The lowest BCUT2D eigenvalue weighted by Gasteiger charge is -1.97. The lowest BCUT2D eigenvalue weighted by molar-refractivity contribution is -0.484. The highest BCUT2D eigenvalue weighted by molar-refractivity contribution is 5.32. The van der Waals surface area contributed by atoms with E-state index in [2.05, 4.69) is 4.98 Å². The molecule has 0 atom stereocenters. The zero-order valence-electron chi connectivity index (χ0n) is 10.3. The van der Waals surface area contributed by atoms with Crippen LogP contribution >= 0.6 is 0 Å². The van der Waals surface area contributed by atoms with E-state index in [1.54, 1.807) is 24.3 Å². The molecule has 2 rings (SSSR count). The zero-order valence-corrected chi connectivity index (χ0v) is 10.3. The van der Waals surface area contributed by atoms with Crippen molar-refractivity contribution in [2.45, 2.75) is 13.5 Å². The zero-order chi connectivity index (χ0) is 13.8. The summed E-state index contributed by atoms with van der Waals surface area (Å²) in [4.78, 5) is 26.1. The molecule has 0 spiro atoms. The Kier molecular flexibility index (Phi) is 3.61. The molecule has 0 aliphatic heterocycles. The molecular weight excluding hydrogens is 246 g/mol.